The molecule has 144 valence electrons. The van der Waals surface area contributed by atoms with E-state index in [1.165, 1.54) is 23.5 Å². The van der Waals surface area contributed by atoms with Gasteiger partial charge in [0.25, 0.3) is 0 Å². The van der Waals surface area contributed by atoms with Crippen LogP contribution in [-0.2, 0) is 4.74 Å². The third-order valence-electron chi connectivity index (χ3n) is 4.63. The molecule has 8 heteroatoms. The van der Waals surface area contributed by atoms with Gasteiger partial charge in [-0.25, -0.2) is 14.2 Å². The van der Waals surface area contributed by atoms with E-state index in [2.05, 4.69) is 20.1 Å². The summed E-state index contributed by atoms with van der Waals surface area (Å²) in [5.74, 6) is 0.0955. The number of benzene rings is 1. The lowest BCUT2D eigenvalue weighted by Crippen LogP contribution is -2.24. The van der Waals surface area contributed by atoms with Crippen LogP contribution in [0.15, 0.2) is 41.8 Å². The van der Waals surface area contributed by atoms with E-state index in [4.69, 9.17) is 4.74 Å². The molecule has 1 saturated heterocycles. The van der Waals surface area contributed by atoms with Gasteiger partial charge < -0.3 is 9.64 Å². The van der Waals surface area contributed by atoms with Crippen molar-refractivity contribution in [3.63, 3.8) is 0 Å². The highest BCUT2D eigenvalue weighted by molar-refractivity contribution is 7.10. The number of thiazole rings is 1. The number of ether oxygens (including phenoxy) is 1. The van der Waals surface area contributed by atoms with Gasteiger partial charge >= 0.3 is 5.97 Å². The molecule has 1 unspecified atom stereocenters. The zero-order chi connectivity index (χ0) is 19.5. The molecule has 0 amide bonds. The van der Waals surface area contributed by atoms with E-state index >= 15 is 0 Å². The molecule has 1 aliphatic heterocycles. The van der Waals surface area contributed by atoms with Crippen LogP contribution in [0.3, 0.4) is 0 Å². The van der Waals surface area contributed by atoms with E-state index in [-0.39, 0.29) is 11.9 Å². The molecule has 0 bridgehead atoms. The summed E-state index contributed by atoms with van der Waals surface area (Å²) in [5.41, 5.74) is 1.86. The minimum Gasteiger partial charge on any atom is -0.461 e. The summed E-state index contributed by atoms with van der Waals surface area (Å²) in [6.07, 6.45) is 1.96. The summed E-state index contributed by atoms with van der Waals surface area (Å²) in [7, 11) is 0. The standard InChI is InChI=1S/C20H19FN4O2S/c1-2-27-20(26)16-12-28-19(22-16)17-4-3-11-25(17)18-10-9-15(23-24-18)13-5-7-14(21)8-6-13/h5-10,12,17H,2-4,11H2,1H3. The van der Waals surface area contributed by atoms with Gasteiger partial charge in [-0.3, -0.25) is 0 Å². The first-order valence-electron chi connectivity index (χ1n) is 9.14. The average Bonchev–Trinajstić information content (AvgIpc) is 3.38. The number of rotatable bonds is 5. The Bertz CT molecular complexity index is 959. The van der Waals surface area contributed by atoms with Crippen molar-refractivity contribution < 1.29 is 13.9 Å². The van der Waals surface area contributed by atoms with Crippen LogP contribution in [0.25, 0.3) is 11.3 Å². The summed E-state index contributed by atoms with van der Waals surface area (Å²) >= 11 is 1.46. The molecule has 0 spiro atoms. The minimum atomic E-state index is -0.391. The fourth-order valence-electron chi connectivity index (χ4n) is 3.29. The molecule has 1 atom stereocenters. The van der Waals surface area contributed by atoms with Crippen molar-refractivity contribution in [1.82, 2.24) is 15.2 Å². The van der Waals surface area contributed by atoms with Crippen LogP contribution >= 0.6 is 11.3 Å². The molecule has 4 rings (SSSR count). The summed E-state index contributed by atoms with van der Waals surface area (Å²) in [4.78, 5) is 18.5. The highest BCUT2D eigenvalue weighted by Crippen LogP contribution is 2.36. The predicted octanol–water partition coefficient (Wildman–Crippen LogP) is 4.26. The topological polar surface area (TPSA) is 68.2 Å². The smallest absolute Gasteiger partial charge is 0.357 e. The molecule has 1 aliphatic rings. The quantitative estimate of drug-likeness (QED) is 0.598. The van der Waals surface area contributed by atoms with Crippen LogP contribution in [0.5, 0.6) is 0 Å². The molecule has 0 saturated carbocycles. The Morgan fingerprint density at radius 2 is 2.07 bits per heavy atom. The van der Waals surface area contributed by atoms with E-state index < -0.39 is 5.97 Å². The van der Waals surface area contributed by atoms with Crippen molar-refractivity contribution in [2.75, 3.05) is 18.1 Å². The maximum atomic E-state index is 13.1. The Morgan fingerprint density at radius 1 is 1.25 bits per heavy atom. The fraction of sp³-hybridized carbons (Fsp3) is 0.300. The van der Waals surface area contributed by atoms with Crippen molar-refractivity contribution in [3.8, 4) is 11.3 Å². The van der Waals surface area contributed by atoms with Crippen molar-refractivity contribution in [1.29, 1.82) is 0 Å². The minimum absolute atomic E-state index is 0.0687. The summed E-state index contributed by atoms with van der Waals surface area (Å²) in [6, 6.07) is 10.1. The van der Waals surface area contributed by atoms with E-state index in [9.17, 15) is 9.18 Å². The van der Waals surface area contributed by atoms with Crippen LogP contribution in [0.2, 0.25) is 0 Å². The molecule has 0 radical (unpaired) electrons. The van der Waals surface area contributed by atoms with Crippen molar-refractivity contribution in [2.24, 2.45) is 0 Å². The first-order valence-corrected chi connectivity index (χ1v) is 10.0. The van der Waals surface area contributed by atoms with E-state index in [0.717, 1.165) is 35.8 Å². The summed E-state index contributed by atoms with van der Waals surface area (Å²) < 4.78 is 18.1. The van der Waals surface area contributed by atoms with Gasteiger partial charge in [0.2, 0.25) is 0 Å². The predicted molar refractivity (Wildman–Crippen MR) is 105 cm³/mol. The molecule has 3 heterocycles. The lowest BCUT2D eigenvalue weighted by atomic mass is 10.1. The average molecular weight is 398 g/mol. The second kappa shape index (κ2) is 8.02. The van der Waals surface area contributed by atoms with E-state index in [1.54, 1.807) is 24.4 Å². The first kappa shape index (κ1) is 18.5. The summed E-state index contributed by atoms with van der Waals surface area (Å²) in [6.45, 7) is 2.96. The molecule has 1 fully saturated rings. The molecular formula is C20H19FN4O2S. The van der Waals surface area contributed by atoms with Gasteiger partial charge in [-0.15, -0.1) is 21.5 Å². The molecule has 6 nitrogen and oxygen atoms in total. The Hall–Kier alpha value is -2.87. The van der Waals surface area contributed by atoms with Gasteiger partial charge in [0.1, 0.15) is 10.8 Å². The second-order valence-corrected chi connectivity index (χ2v) is 7.32. The zero-order valence-electron chi connectivity index (χ0n) is 15.3. The SMILES string of the molecule is CCOC(=O)c1csc(C2CCCN2c2ccc(-c3ccc(F)cc3)nn2)n1. The van der Waals surface area contributed by atoms with E-state index in [1.807, 2.05) is 12.1 Å². The van der Waals surface area contributed by atoms with Crippen molar-refractivity contribution >= 4 is 23.1 Å². The number of esters is 1. The lowest BCUT2D eigenvalue weighted by molar-refractivity contribution is 0.0520. The largest absolute Gasteiger partial charge is 0.461 e. The normalized spacial score (nSPS) is 16.4. The van der Waals surface area contributed by atoms with Gasteiger partial charge in [-0.1, -0.05) is 0 Å². The maximum Gasteiger partial charge on any atom is 0.357 e. The second-order valence-electron chi connectivity index (χ2n) is 6.43. The lowest BCUT2D eigenvalue weighted by Gasteiger charge is -2.23. The van der Waals surface area contributed by atoms with Crippen molar-refractivity contribution in [3.05, 3.63) is 58.3 Å². The number of hydrogen-bond donors (Lipinski definition) is 0. The van der Waals surface area contributed by atoms with Crippen LogP contribution in [0.1, 0.15) is 41.3 Å². The fourth-order valence-corrected chi connectivity index (χ4v) is 4.22. The monoisotopic (exact) mass is 398 g/mol. The molecule has 1 aromatic carbocycles. The molecule has 2 aromatic heterocycles. The first-order chi connectivity index (χ1) is 13.7. The van der Waals surface area contributed by atoms with Crippen LogP contribution < -0.4 is 4.90 Å². The molecule has 0 aliphatic carbocycles. The number of anilines is 1. The highest BCUT2D eigenvalue weighted by atomic mass is 32.1. The number of nitrogens with zero attached hydrogens (tertiary/aromatic N) is 4. The Kier molecular flexibility index (Phi) is 5.29. The van der Waals surface area contributed by atoms with Gasteiger partial charge in [-0.2, -0.15) is 0 Å². The van der Waals surface area contributed by atoms with Gasteiger partial charge in [0.05, 0.1) is 18.3 Å². The van der Waals surface area contributed by atoms with E-state index in [0.29, 0.717) is 18.0 Å². The number of carbonyl (C=O) groups is 1. The number of hydrogen-bond acceptors (Lipinski definition) is 7. The Morgan fingerprint density at radius 3 is 2.79 bits per heavy atom. The van der Waals surface area contributed by atoms with Crippen molar-refractivity contribution in [2.45, 2.75) is 25.8 Å². The molecule has 3 aromatic rings. The number of aromatic nitrogens is 3. The third kappa shape index (κ3) is 3.73. The molecule has 0 N–H and O–H groups in total. The Labute approximate surface area is 166 Å². The van der Waals surface area contributed by atoms with Crippen LogP contribution in [0, 0.1) is 5.82 Å². The van der Waals surface area contributed by atoms with Crippen LogP contribution in [0.4, 0.5) is 10.2 Å². The van der Waals surface area contributed by atoms with Gasteiger partial charge in [-0.05, 0) is 56.2 Å². The number of halogens is 1. The highest BCUT2D eigenvalue weighted by Gasteiger charge is 2.30. The van der Waals surface area contributed by atoms with Gasteiger partial charge in [0.15, 0.2) is 11.5 Å². The molecular weight excluding hydrogens is 379 g/mol. The summed E-state index contributed by atoms with van der Waals surface area (Å²) in [5, 5.41) is 11.3. The maximum absolute atomic E-state index is 13.1. The number of carbonyl (C=O) groups excluding carboxylic acids is 1. The van der Waals surface area contributed by atoms with Crippen LogP contribution in [-0.4, -0.2) is 34.3 Å². The zero-order valence-corrected chi connectivity index (χ0v) is 16.2. The van der Waals surface area contributed by atoms with Gasteiger partial charge in [0, 0.05) is 17.5 Å². The Balaban J connectivity index is 1.53. The molecule has 28 heavy (non-hydrogen) atoms. The third-order valence-corrected chi connectivity index (χ3v) is 5.58.